The zero-order valence-electron chi connectivity index (χ0n) is 8.36. The minimum absolute atomic E-state index is 0.366. The molecule has 0 aliphatic heterocycles. The average molecular weight is 299 g/mol. The van der Waals surface area contributed by atoms with Crippen LogP contribution in [0, 0.1) is 0 Å². The Labute approximate surface area is 107 Å². The molecule has 4 heteroatoms. The monoisotopic (exact) mass is 297 g/mol. The van der Waals surface area contributed by atoms with Gasteiger partial charge < -0.3 is 4.74 Å². The third kappa shape index (κ3) is 2.74. The Hall–Kier alpha value is -1.06. The van der Waals surface area contributed by atoms with Crippen molar-refractivity contribution in [2.75, 3.05) is 0 Å². The Morgan fingerprint density at radius 1 is 1.19 bits per heavy atom. The lowest BCUT2D eigenvalue weighted by molar-refractivity contribution is 0.303. The van der Waals surface area contributed by atoms with Crippen molar-refractivity contribution in [1.29, 1.82) is 0 Å². The molecule has 2 rings (SSSR count). The molecule has 2 nitrogen and oxygen atoms in total. The molecule has 0 atom stereocenters. The van der Waals surface area contributed by atoms with Gasteiger partial charge in [0.05, 0.1) is 4.47 Å². The quantitative estimate of drug-likeness (QED) is 0.797. The summed E-state index contributed by atoms with van der Waals surface area (Å²) in [6, 6.07) is 11.7. The molecule has 0 aliphatic rings. The SMILES string of the molecule is Clc1nccc(Br)c1OCc1ccccc1. The predicted octanol–water partition coefficient (Wildman–Crippen LogP) is 4.08. The molecule has 0 radical (unpaired) electrons. The van der Waals surface area contributed by atoms with Gasteiger partial charge in [0.25, 0.3) is 0 Å². The van der Waals surface area contributed by atoms with E-state index in [0.29, 0.717) is 17.5 Å². The van der Waals surface area contributed by atoms with E-state index >= 15 is 0 Å². The summed E-state index contributed by atoms with van der Waals surface area (Å²) < 4.78 is 6.42. The summed E-state index contributed by atoms with van der Waals surface area (Å²) in [5, 5.41) is 0.366. The van der Waals surface area contributed by atoms with Crippen LogP contribution in [0.15, 0.2) is 47.1 Å². The number of halogens is 2. The largest absolute Gasteiger partial charge is 0.484 e. The smallest absolute Gasteiger partial charge is 0.172 e. The molecule has 2 aromatic rings. The minimum Gasteiger partial charge on any atom is -0.484 e. The first-order valence-corrected chi connectivity index (χ1v) is 5.91. The zero-order valence-corrected chi connectivity index (χ0v) is 10.7. The molecule has 1 aromatic heterocycles. The van der Waals surface area contributed by atoms with Crippen molar-refractivity contribution in [2.45, 2.75) is 6.61 Å². The highest BCUT2D eigenvalue weighted by atomic mass is 79.9. The number of rotatable bonds is 3. The number of pyridine rings is 1. The summed E-state index contributed by atoms with van der Waals surface area (Å²) in [6.07, 6.45) is 1.63. The van der Waals surface area contributed by atoms with Crippen molar-refractivity contribution >= 4 is 27.5 Å². The van der Waals surface area contributed by atoms with E-state index in [1.165, 1.54) is 0 Å². The molecule has 0 bridgehead atoms. The van der Waals surface area contributed by atoms with Crippen LogP contribution in [-0.4, -0.2) is 4.98 Å². The van der Waals surface area contributed by atoms with Crippen molar-refractivity contribution in [3.05, 3.63) is 57.8 Å². The van der Waals surface area contributed by atoms with Crippen molar-refractivity contribution in [2.24, 2.45) is 0 Å². The second-order valence-electron chi connectivity index (χ2n) is 3.19. The van der Waals surface area contributed by atoms with E-state index in [1.54, 1.807) is 12.3 Å². The van der Waals surface area contributed by atoms with Gasteiger partial charge in [0.2, 0.25) is 0 Å². The number of hydrogen-bond donors (Lipinski definition) is 0. The molecule has 0 saturated heterocycles. The molecule has 0 amide bonds. The normalized spacial score (nSPS) is 10.1. The Bertz CT molecular complexity index is 455. The van der Waals surface area contributed by atoms with E-state index in [-0.39, 0.29) is 0 Å². The van der Waals surface area contributed by atoms with Crippen LogP contribution in [0.5, 0.6) is 5.75 Å². The molecular weight excluding hydrogens is 289 g/mol. The third-order valence-electron chi connectivity index (χ3n) is 2.04. The van der Waals surface area contributed by atoms with Gasteiger partial charge in [-0.1, -0.05) is 41.9 Å². The van der Waals surface area contributed by atoms with Gasteiger partial charge >= 0.3 is 0 Å². The van der Waals surface area contributed by atoms with Crippen LogP contribution >= 0.6 is 27.5 Å². The lowest BCUT2D eigenvalue weighted by Crippen LogP contribution is -1.97. The second-order valence-corrected chi connectivity index (χ2v) is 4.40. The van der Waals surface area contributed by atoms with Gasteiger partial charge in [-0.25, -0.2) is 4.98 Å². The number of nitrogens with zero attached hydrogens (tertiary/aromatic N) is 1. The molecule has 16 heavy (non-hydrogen) atoms. The van der Waals surface area contributed by atoms with Gasteiger partial charge in [0.1, 0.15) is 6.61 Å². The summed E-state index contributed by atoms with van der Waals surface area (Å²) in [5.74, 6) is 0.577. The van der Waals surface area contributed by atoms with Crippen LogP contribution in [0.25, 0.3) is 0 Å². The number of hydrogen-bond acceptors (Lipinski definition) is 2. The van der Waals surface area contributed by atoms with Crippen molar-refractivity contribution < 1.29 is 4.74 Å². The Morgan fingerprint density at radius 3 is 2.62 bits per heavy atom. The van der Waals surface area contributed by atoms with Crippen LogP contribution in [0.3, 0.4) is 0 Å². The second kappa shape index (κ2) is 5.32. The fourth-order valence-corrected chi connectivity index (χ4v) is 2.01. The first-order chi connectivity index (χ1) is 7.77. The number of aromatic nitrogens is 1. The topological polar surface area (TPSA) is 22.1 Å². The van der Waals surface area contributed by atoms with Gasteiger partial charge in [0, 0.05) is 6.20 Å². The zero-order chi connectivity index (χ0) is 11.4. The lowest BCUT2D eigenvalue weighted by atomic mass is 10.2. The van der Waals surface area contributed by atoms with Crippen molar-refractivity contribution in [3.63, 3.8) is 0 Å². The van der Waals surface area contributed by atoms with Gasteiger partial charge in [-0.2, -0.15) is 0 Å². The van der Waals surface area contributed by atoms with Crippen LogP contribution in [0.2, 0.25) is 5.15 Å². The number of ether oxygens (including phenoxy) is 1. The van der Waals surface area contributed by atoms with Crippen LogP contribution in [-0.2, 0) is 6.61 Å². The highest BCUT2D eigenvalue weighted by Gasteiger charge is 2.07. The van der Waals surface area contributed by atoms with Gasteiger partial charge in [-0.05, 0) is 27.6 Å². The van der Waals surface area contributed by atoms with Crippen molar-refractivity contribution in [1.82, 2.24) is 4.98 Å². The van der Waals surface area contributed by atoms with E-state index in [2.05, 4.69) is 20.9 Å². The molecule has 0 aliphatic carbocycles. The maximum absolute atomic E-state index is 5.93. The summed E-state index contributed by atoms with van der Waals surface area (Å²) in [6.45, 7) is 0.477. The van der Waals surface area contributed by atoms with E-state index < -0.39 is 0 Å². The molecule has 0 unspecified atom stereocenters. The van der Waals surface area contributed by atoms with Gasteiger partial charge in [-0.15, -0.1) is 0 Å². The first kappa shape index (κ1) is 11.4. The van der Waals surface area contributed by atoms with E-state index in [9.17, 15) is 0 Å². The van der Waals surface area contributed by atoms with Crippen LogP contribution < -0.4 is 4.74 Å². The molecule has 0 saturated carbocycles. The molecule has 0 spiro atoms. The molecule has 0 N–H and O–H groups in total. The first-order valence-electron chi connectivity index (χ1n) is 4.74. The molecule has 1 aromatic carbocycles. The van der Waals surface area contributed by atoms with Crippen molar-refractivity contribution in [3.8, 4) is 5.75 Å². The Balaban J connectivity index is 2.11. The standard InChI is InChI=1S/C12H9BrClNO/c13-10-6-7-15-12(14)11(10)16-8-9-4-2-1-3-5-9/h1-7H,8H2. The number of benzene rings is 1. The van der Waals surface area contributed by atoms with Gasteiger partial charge in [0.15, 0.2) is 10.9 Å². The summed E-state index contributed by atoms with van der Waals surface area (Å²) in [4.78, 5) is 3.96. The van der Waals surface area contributed by atoms with E-state index in [1.807, 2.05) is 30.3 Å². The highest BCUT2D eigenvalue weighted by Crippen LogP contribution is 2.31. The Kier molecular flexibility index (Phi) is 3.80. The fourth-order valence-electron chi connectivity index (χ4n) is 1.26. The lowest BCUT2D eigenvalue weighted by Gasteiger charge is -2.08. The minimum atomic E-state index is 0.366. The average Bonchev–Trinajstić information content (AvgIpc) is 2.30. The maximum atomic E-state index is 5.93. The van der Waals surface area contributed by atoms with Crippen LogP contribution in [0.1, 0.15) is 5.56 Å². The predicted molar refractivity (Wildman–Crippen MR) is 67.7 cm³/mol. The molecule has 1 heterocycles. The molecular formula is C12H9BrClNO. The fraction of sp³-hybridized carbons (Fsp3) is 0.0833. The van der Waals surface area contributed by atoms with Gasteiger partial charge in [-0.3, -0.25) is 0 Å². The molecule has 82 valence electrons. The maximum Gasteiger partial charge on any atom is 0.172 e. The molecule has 0 fully saturated rings. The van der Waals surface area contributed by atoms with E-state index in [0.717, 1.165) is 10.0 Å². The van der Waals surface area contributed by atoms with Crippen LogP contribution in [0.4, 0.5) is 0 Å². The summed E-state index contributed by atoms with van der Waals surface area (Å²) >= 11 is 9.30. The van der Waals surface area contributed by atoms with E-state index in [4.69, 9.17) is 16.3 Å². The highest BCUT2D eigenvalue weighted by molar-refractivity contribution is 9.10. The summed E-state index contributed by atoms with van der Waals surface area (Å²) in [7, 11) is 0. The summed E-state index contributed by atoms with van der Waals surface area (Å²) in [5.41, 5.74) is 1.09. The third-order valence-corrected chi connectivity index (χ3v) is 2.93. The Morgan fingerprint density at radius 2 is 1.94 bits per heavy atom.